The SMILES string of the molecule is COc1ccccc1CNC(=O)CSc1nnc(CN2CCCC2)n1-c1ccccc1. The molecule has 1 amide bonds. The van der Waals surface area contributed by atoms with E-state index in [1.54, 1.807) is 7.11 Å². The third kappa shape index (κ3) is 5.45. The van der Waals surface area contributed by atoms with Crippen molar-refractivity contribution in [2.24, 2.45) is 0 Å². The second kappa shape index (κ2) is 10.5. The maximum Gasteiger partial charge on any atom is 0.230 e. The maximum absolute atomic E-state index is 12.5. The molecule has 8 heteroatoms. The molecule has 1 fully saturated rings. The number of aromatic nitrogens is 3. The molecule has 7 nitrogen and oxygen atoms in total. The molecule has 0 spiro atoms. The van der Waals surface area contributed by atoms with Crippen LogP contribution in [0.5, 0.6) is 5.75 Å². The van der Waals surface area contributed by atoms with Gasteiger partial charge in [0, 0.05) is 17.8 Å². The molecule has 0 radical (unpaired) electrons. The molecule has 2 aromatic carbocycles. The van der Waals surface area contributed by atoms with E-state index in [1.165, 1.54) is 24.6 Å². The van der Waals surface area contributed by atoms with E-state index >= 15 is 0 Å². The summed E-state index contributed by atoms with van der Waals surface area (Å²) in [6.07, 6.45) is 2.46. The van der Waals surface area contributed by atoms with E-state index < -0.39 is 0 Å². The van der Waals surface area contributed by atoms with Crippen molar-refractivity contribution in [1.82, 2.24) is 25.0 Å². The molecular weight excluding hydrogens is 410 g/mol. The van der Waals surface area contributed by atoms with Crippen LogP contribution in [0.3, 0.4) is 0 Å². The number of carbonyl (C=O) groups is 1. The lowest BCUT2D eigenvalue weighted by atomic mass is 10.2. The first-order chi connectivity index (χ1) is 15.2. The first kappa shape index (κ1) is 21.4. The van der Waals surface area contributed by atoms with Gasteiger partial charge in [-0.3, -0.25) is 14.3 Å². The van der Waals surface area contributed by atoms with E-state index in [9.17, 15) is 4.79 Å². The smallest absolute Gasteiger partial charge is 0.230 e. The van der Waals surface area contributed by atoms with Crippen LogP contribution in [-0.4, -0.2) is 51.5 Å². The Balaban J connectivity index is 1.42. The molecule has 31 heavy (non-hydrogen) atoms. The van der Waals surface area contributed by atoms with Gasteiger partial charge in [0.1, 0.15) is 5.75 Å². The molecule has 0 bridgehead atoms. The molecule has 1 aliphatic heterocycles. The molecule has 1 N–H and O–H groups in total. The number of para-hydroxylation sites is 2. The van der Waals surface area contributed by atoms with Crippen LogP contribution in [0.4, 0.5) is 0 Å². The van der Waals surface area contributed by atoms with Crippen LogP contribution in [0.1, 0.15) is 24.2 Å². The van der Waals surface area contributed by atoms with Gasteiger partial charge in [-0.05, 0) is 44.1 Å². The van der Waals surface area contributed by atoms with Crippen molar-refractivity contribution < 1.29 is 9.53 Å². The molecule has 1 aromatic heterocycles. The average Bonchev–Trinajstić information content (AvgIpc) is 3.47. The van der Waals surface area contributed by atoms with Gasteiger partial charge in [-0.2, -0.15) is 0 Å². The zero-order valence-corrected chi connectivity index (χ0v) is 18.5. The van der Waals surface area contributed by atoms with Crippen LogP contribution < -0.4 is 10.1 Å². The number of ether oxygens (including phenoxy) is 1. The maximum atomic E-state index is 12.5. The van der Waals surface area contributed by atoms with Crippen LogP contribution in [0.15, 0.2) is 59.8 Å². The van der Waals surface area contributed by atoms with Gasteiger partial charge >= 0.3 is 0 Å². The standard InChI is InChI=1S/C23H27N5O2S/c1-30-20-12-6-5-9-18(20)15-24-22(29)17-31-23-26-25-21(16-27-13-7-8-14-27)28(23)19-10-3-2-4-11-19/h2-6,9-12H,7-8,13-17H2,1H3,(H,24,29). The Labute approximate surface area is 186 Å². The minimum absolute atomic E-state index is 0.0559. The minimum atomic E-state index is -0.0559. The molecule has 0 unspecified atom stereocenters. The van der Waals surface area contributed by atoms with Crippen LogP contribution in [0, 0.1) is 0 Å². The zero-order chi connectivity index (χ0) is 21.5. The fourth-order valence-electron chi connectivity index (χ4n) is 3.70. The molecular formula is C23H27N5O2S. The fraction of sp³-hybridized carbons (Fsp3) is 0.348. The molecule has 3 aromatic rings. The first-order valence-corrected chi connectivity index (χ1v) is 11.5. The normalized spacial score (nSPS) is 14.0. The number of rotatable bonds is 9. The molecule has 4 rings (SSSR count). The highest BCUT2D eigenvalue weighted by Crippen LogP contribution is 2.24. The topological polar surface area (TPSA) is 72.3 Å². The molecule has 0 aliphatic carbocycles. The lowest BCUT2D eigenvalue weighted by molar-refractivity contribution is -0.118. The number of benzene rings is 2. The van der Waals surface area contributed by atoms with Crippen LogP contribution in [-0.2, 0) is 17.9 Å². The van der Waals surface area contributed by atoms with E-state index in [2.05, 4.69) is 25.0 Å². The summed E-state index contributed by atoms with van der Waals surface area (Å²) < 4.78 is 7.41. The van der Waals surface area contributed by atoms with Crippen molar-refractivity contribution in [3.05, 3.63) is 66.0 Å². The second-order valence-electron chi connectivity index (χ2n) is 7.43. The minimum Gasteiger partial charge on any atom is -0.496 e. The highest BCUT2D eigenvalue weighted by molar-refractivity contribution is 7.99. The predicted octanol–water partition coefficient (Wildman–Crippen LogP) is 3.28. The highest BCUT2D eigenvalue weighted by atomic mass is 32.2. The lowest BCUT2D eigenvalue weighted by Crippen LogP contribution is -2.25. The largest absolute Gasteiger partial charge is 0.496 e. The molecule has 0 saturated carbocycles. The number of nitrogens with one attached hydrogen (secondary N) is 1. The number of hydrogen-bond acceptors (Lipinski definition) is 6. The first-order valence-electron chi connectivity index (χ1n) is 10.5. The number of nitrogens with zero attached hydrogens (tertiary/aromatic N) is 4. The van der Waals surface area contributed by atoms with E-state index in [4.69, 9.17) is 4.74 Å². The number of thioether (sulfide) groups is 1. The summed E-state index contributed by atoms with van der Waals surface area (Å²) in [7, 11) is 1.63. The summed E-state index contributed by atoms with van der Waals surface area (Å²) in [5.41, 5.74) is 1.96. The van der Waals surface area contributed by atoms with Gasteiger partial charge in [0.2, 0.25) is 5.91 Å². The van der Waals surface area contributed by atoms with Crippen LogP contribution in [0.2, 0.25) is 0 Å². The van der Waals surface area contributed by atoms with E-state index in [0.29, 0.717) is 6.54 Å². The van der Waals surface area contributed by atoms with Crippen molar-refractivity contribution >= 4 is 17.7 Å². The van der Waals surface area contributed by atoms with Crippen LogP contribution >= 0.6 is 11.8 Å². The third-order valence-corrected chi connectivity index (χ3v) is 6.21. The highest BCUT2D eigenvalue weighted by Gasteiger charge is 2.20. The van der Waals surface area contributed by atoms with Crippen LogP contribution in [0.25, 0.3) is 5.69 Å². The van der Waals surface area contributed by atoms with Gasteiger partial charge < -0.3 is 10.1 Å². The summed E-state index contributed by atoms with van der Waals surface area (Å²) in [5, 5.41) is 12.5. The Morgan fingerprint density at radius 1 is 1.06 bits per heavy atom. The molecule has 162 valence electrons. The molecule has 2 heterocycles. The second-order valence-corrected chi connectivity index (χ2v) is 8.37. The summed E-state index contributed by atoms with van der Waals surface area (Å²) in [5.74, 6) is 1.89. The van der Waals surface area contributed by atoms with Gasteiger partial charge in [0.25, 0.3) is 0 Å². The number of hydrogen-bond donors (Lipinski definition) is 1. The van der Waals surface area contributed by atoms with E-state index in [-0.39, 0.29) is 11.7 Å². The third-order valence-electron chi connectivity index (χ3n) is 5.28. The Morgan fingerprint density at radius 3 is 2.58 bits per heavy atom. The van der Waals surface area contributed by atoms with Crippen molar-refractivity contribution in [1.29, 1.82) is 0 Å². The number of methoxy groups -OCH3 is 1. The zero-order valence-electron chi connectivity index (χ0n) is 17.7. The summed E-state index contributed by atoms with van der Waals surface area (Å²) in [6.45, 7) is 3.38. The van der Waals surface area contributed by atoms with E-state index in [1.807, 2.05) is 54.6 Å². The Morgan fingerprint density at radius 2 is 1.81 bits per heavy atom. The van der Waals surface area contributed by atoms with E-state index in [0.717, 1.165) is 47.6 Å². The lowest BCUT2D eigenvalue weighted by Gasteiger charge is -2.16. The van der Waals surface area contributed by atoms with Gasteiger partial charge in [0.15, 0.2) is 11.0 Å². The Hall–Kier alpha value is -2.84. The predicted molar refractivity (Wildman–Crippen MR) is 121 cm³/mol. The summed E-state index contributed by atoms with van der Waals surface area (Å²) in [4.78, 5) is 14.9. The van der Waals surface area contributed by atoms with Crippen molar-refractivity contribution in [2.45, 2.75) is 31.1 Å². The van der Waals surface area contributed by atoms with Crippen molar-refractivity contribution in [3.8, 4) is 11.4 Å². The van der Waals surface area contributed by atoms with Gasteiger partial charge in [-0.15, -0.1) is 10.2 Å². The Bertz CT molecular complexity index is 1000. The van der Waals surface area contributed by atoms with Gasteiger partial charge in [-0.1, -0.05) is 48.2 Å². The Kier molecular flexibility index (Phi) is 7.22. The fourth-order valence-corrected chi connectivity index (χ4v) is 4.50. The monoisotopic (exact) mass is 437 g/mol. The quantitative estimate of drug-likeness (QED) is 0.518. The average molecular weight is 438 g/mol. The molecule has 1 saturated heterocycles. The van der Waals surface area contributed by atoms with Crippen molar-refractivity contribution in [2.75, 3.05) is 26.0 Å². The summed E-state index contributed by atoms with van der Waals surface area (Å²) in [6, 6.07) is 17.8. The molecule has 0 atom stereocenters. The number of amides is 1. The number of carbonyl (C=O) groups excluding carboxylic acids is 1. The number of likely N-dealkylation sites (tertiary alicyclic amines) is 1. The van der Waals surface area contributed by atoms with Crippen molar-refractivity contribution in [3.63, 3.8) is 0 Å². The van der Waals surface area contributed by atoms with Gasteiger partial charge in [-0.25, -0.2) is 0 Å². The summed E-state index contributed by atoms with van der Waals surface area (Å²) >= 11 is 1.40. The van der Waals surface area contributed by atoms with Gasteiger partial charge in [0.05, 0.1) is 19.4 Å². The molecule has 1 aliphatic rings.